The van der Waals surface area contributed by atoms with Crippen LogP contribution in [0.15, 0.2) is 29.4 Å². The fourth-order valence-electron chi connectivity index (χ4n) is 5.80. The van der Waals surface area contributed by atoms with Crippen molar-refractivity contribution in [3.05, 3.63) is 35.7 Å². The second-order valence-corrected chi connectivity index (χ2v) is 11.3. The van der Waals surface area contributed by atoms with Gasteiger partial charge in [-0.25, -0.2) is 0 Å². The maximum atomic E-state index is 6.02. The summed E-state index contributed by atoms with van der Waals surface area (Å²) < 4.78 is 13.9. The third-order valence-electron chi connectivity index (χ3n) is 7.82. The van der Waals surface area contributed by atoms with Gasteiger partial charge in [-0.1, -0.05) is 43.2 Å². The average Bonchev–Trinajstić information content (AvgIpc) is 3.54. The number of benzene rings is 1. The quantitative estimate of drug-likeness (QED) is 0.437. The Kier molecular flexibility index (Phi) is 8.46. The van der Waals surface area contributed by atoms with E-state index in [1.807, 2.05) is 17.8 Å². The lowest BCUT2D eigenvalue weighted by Crippen LogP contribution is -2.33. The zero-order valence-electron chi connectivity index (χ0n) is 20.7. The molecule has 3 aliphatic rings. The Labute approximate surface area is 208 Å². The third-order valence-corrected chi connectivity index (χ3v) is 9.02. The molecule has 7 heteroatoms. The summed E-state index contributed by atoms with van der Waals surface area (Å²) in [5.74, 6) is 4.65. The van der Waals surface area contributed by atoms with E-state index in [-0.39, 0.29) is 0 Å². The maximum Gasteiger partial charge on any atom is 0.191 e. The van der Waals surface area contributed by atoms with Crippen LogP contribution in [0, 0.1) is 5.92 Å². The monoisotopic (exact) mass is 484 g/mol. The smallest absolute Gasteiger partial charge is 0.191 e. The summed E-state index contributed by atoms with van der Waals surface area (Å²) in [6.45, 7) is 4.99. The van der Waals surface area contributed by atoms with Crippen molar-refractivity contribution in [2.75, 3.05) is 32.6 Å². The first-order valence-corrected chi connectivity index (χ1v) is 14.3. The van der Waals surface area contributed by atoms with Crippen molar-refractivity contribution in [1.29, 1.82) is 0 Å². The Hall–Kier alpha value is -1.57. The number of aromatic nitrogens is 3. The van der Waals surface area contributed by atoms with Crippen molar-refractivity contribution in [3.63, 3.8) is 0 Å². The molecule has 5 rings (SSSR count). The van der Waals surface area contributed by atoms with E-state index in [9.17, 15) is 0 Å². The molecule has 3 heterocycles. The topological polar surface area (TPSA) is 52.4 Å². The number of hydrogen-bond donors (Lipinski definition) is 0. The number of thioether (sulfide) groups is 1. The first-order valence-electron chi connectivity index (χ1n) is 13.3. The van der Waals surface area contributed by atoms with Gasteiger partial charge in [0.1, 0.15) is 11.6 Å². The van der Waals surface area contributed by atoms with Gasteiger partial charge in [-0.15, -0.1) is 10.2 Å². The zero-order chi connectivity index (χ0) is 23.2. The Bertz CT molecular complexity index is 900. The van der Waals surface area contributed by atoms with Gasteiger partial charge < -0.3 is 14.0 Å². The number of rotatable bonds is 9. The fraction of sp³-hybridized carbons (Fsp3) is 0.704. The molecule has 0 unspecified atom stereocenters. The van der Waals surface area contributed by atoms with Gasteiger partial charge in [0, 0.05) is 24.8 Å². The molecule has 2 saturated heterocycles. The minimum absolute atomic E-state index is 0.317. The van der Waals surface area contributed by atoms with Crippen molar-refractivity contribution in [2.45, 2.75) is 88.1 Å². The number of likely N-dealkylation sites (tertiary alicyclic amines) is 1. The summed E-state index contributed by atoms with van der Waals surface area (Å²) in [5, 5.41) is 10.6. The molecule has 1 aromatic heterocycles. The van der Waals surface area contributed by atoms with Crippen molar-refractivity contribution in [1.82, 2.24) is 19.7 Å². The Morgan fingerprint density at radius 1 is 1.03 bits per heavy atom. The summed E-state index contributed by atoms with van der Waals surface area (Å²) in [4.78, 5) is 2.56. The molecule has 1 aromatic carbocycles. The second-order valence-electron chi connectivity index (χ2n) is 10.3. The highest BCUT2D eigenvalue weighted by molar-refractivity contribution is 7.99. The summed E-state index contributed by atoms with van der Waals surface area (Å²) in [6.07, 6.45) is 11.9. The normalized spacial score (nSPS) is 22.9. The van der Waals surface area contributed by atoms with E-state index in [0.717, 1.165) is 68.9 Å². The molecule has 34 heavy (non-hydrogen) atoms. The largest absolute Gasteiger partial charge is 0.497 e. The number of hydrogen-bond acceptors (Lipinski definition) is 6. The van der Waals surface area contributed by atoms with Crippen LogP contribution in [0.25, 0.3) is 0 Å². The van der Waals surface area contributed by atoms with Crippen LogP contribution in [-0.4, -0.2) is 58.3 Å². The van der Waals surface area contributed by atoms with Crippen molar-refractivity contribution in [2.24, 2.45) is 5.92 Å². The number of methoxy groups -OCH3 is 1. The van der Waals surface area contributed by atoms with Gasteiger partial charge in [0.2, 0.25) is 0 Å². The highest BCUT2D eigenvalue weighted by atomic mass is 32.2. The third kappa shape index (κ3) is 6.16. The van der Waals surface area contributed by atoms with Crippen LogP contribution in [0.5, 0.6) is 5.75 Å². The fourth-order valence-corrected chi connectivity index (χ4v) is 6.94. The number of nitrogens with zero attached hydrogens (tertiary/aromatic N) is 4. The Morgan fingerprint density at radius 3 is 2.65 bits per heavy atom. The number of ether oxygens (including phenoxy) is 2. The van der Waals surface area contributed by atoms with Gasteiger partial charge >= 0.3 is 0 Å². The lowest BCUT2D eigenvalue weighted by atomic mass is 9.91. The summed E-state index contributed by atoms with van der Waals surface area (Å²) in [5.41, 5.74) is 1.32. The Balaban J connectivity index is 1.22. The highest BCUT2D eigenvalue weighted by Gasteiger charge is 2.29. The van der Waals surface area contributed by atoms with E-state index in [0.29, 0.717) is 12.0 Å². The van der Waals surface area contributed by atoms with Crippen LogP contribution in [0.4, 0.5) is 0 Å². The molecule has 0 bridgehead atoms. The average molecular weight is 485 g/mol. The van der Waals surface area contributed by atoms with E-state index >= 15 is 0 Å². The predicted octanol–water partition coefficient (Wildman–Crippen LogP) is 5.52. The minimum atomic E-state index is 0.317. The minimum Gasteiger partial charge on any atom is -0.497 e. The van der Waals surface area contributed by atoms with Crippen molar-refractivity contribution < 1.29 is 9.47 Å². The maximum absolute atomic E-state index is 6.02. The van der Waals surface area contributed by atoms with E-state index in [2.05, 4.69) is 27.7 Å². The molecular formula is C27H40N4O2S. The summed E-state index contributed by atoms with van der Waals surface area (Å²) in [7, 11) is 1.74. The zero-order valence-corrected chi connectivity index (χ0v) is 21.5. The molecule has 3 fully saturated rings. The molecular weight excluding hydrogens is 444 g/mol. The highest BCUT2D eigenvalue weighted by Crippen LogP contribution is 2.34. The van der Waals surface area contributed by atoms with Crippen LogP contribution in [-0.2, 0) is 17.8 Å². The summed E-state index contributed by atoms with van der Waals surface area (Å²) >= 11 is 1.94. The van der Waals surface area contributed by atoms with Crippen LogP contribution >= 0.6 is 11.8 Å². The second kappa shape index (κ2) is 11.9. The van der Waals surface area contributed by atoms with E-state index < -0.39 is 0 Å². The standard InChI is InChI=1S/C27H40N4O2S/c1-32-24-10-5-9-22(17-24)18-30-14-12-23(13-15-30)26-28-29-27(31(26)19-25-11-6-16-33-25)34-20-21-7-3-2-4-8-21/h5,9-10,17,21,23,25H,2-4,6-8,11-16,18-20H2,1H3/t25-/m0/s1. The van der Waals surface area contributed by atoms with Crippen LogP contribution in [0.1, 0.15) is 75.1 Å². The van der Waals surface area contributed by atoms with Gasteiger partial charge in [-0.2, -0.15) is 0 Å². The molecule has 1 atom stereocenters. The molecule has 1 saturated carbocycles. The van der Waals surface area contributed by atoms with Crippen molar-refractivity contribution >= 4 is 11.8 Å². The van der Waals surface area contributed by atoms with Crippen molar-refractivity contribution in [3.8, 4) is 5.75 Å². The van der Waals surface area contributed by atoms with E-state index in [4.69, 9.17) is 19.7 Å². The first-order chi connectivity index (χ1) is 16.8. The van der Waals surface area contributed by atoms with Gasteiger partial charge in [-0.3, -0.25) is 4.90 Å². The number of piperidine rings is 1. The summed E-state index contributed by atoms with van der Waals surface area (Å²) in [6, 6.07) is 8.45. The molecule has 2 aromatic rings. The van der Waals surface area contributed by atoms with Gasteiger partial charge in [0.25, 0.3) is 0 Å². The molecule has 1 aliphatic carbocycles. The molecule has 6 nitrogen and oxygen atoms in total. The molecule has 186 valence electrons. The molecule has 0 radical (unpaired) electrons. The SMILES string of the molecule is COc1cccc(CN2CCC(c3nnc(SCC4CCCCC4)n3C[C@@H]3CCCO3)CC2)c1. The molecule has 0 spiro atoms. The van der Waals surface area contributed by atoms with Crippen LogP contribution in [0.2, 0.25) is 0 Å². The molecule has 0 N–H and O–H groups in total. The van der Waals surface area contributed by atoms with E-state index in [1.165, 1.54) is 55.7 Å². The molecule has 0 amide bonds. The van der Waals surface area contributed by atoms with Gasteiger partial charge in [0.05, 0.1) is 19.8 Å². The van der Waals surface area contributed by atoms with Gasteiger partial charge in [0.15, 0.2) is 5.16 Å². The lowest BCUT2D eigenvalue weighted by Gasteiger charge is -2.32. The molecule has 2 aliphatic heterocycles. The van der Waals surface area contributed by atoms with Gasteiger partial charge in [-0.05, 0) is 75.2 Å². The Morgan fingerprint density at radius 2 is 1.88 bits per heavy atom. The van der Waals surface area contributed by atoms with E-state index in [1.54, 1.807) is 7.11 Å². The predicted molar refractivity (Wildman–Crippen MR) is 137 cm³/mol. The lowest BCUT2D eigenvalue weighted by molar-refractivity contribution is 0.0931. The first kappa shape index (κ1) is 24.1. The van der Waals surface area contributed by atoms with Crippen LogP contribution in [0.3, 0.4) is 0 Å². The van der Waals surface area contributed by atoms with Crippen LogP contribution < -0.4 is 4.74 Å².